The number of allylic oxidation sites excluding steroid dienone is 10. The van der Waals surface area contributed by atoms with Crippen LogP contribution in [-0.2, 0) is 5.41 Å². The van der Waals surface area contributed by atoms with Gasteiger partial charge in [-0.25, -0.2) is 0 Å². The van der Waals surface area contributed by atoms with Crippen LogP contribution >= 0.6 is 11.3 Å². The molecule has 1 unspecified atom stereocenters. The molecule has 0 fully saturated rings. The van der Waals surface area contributed by atoms with Gasteiger partial charge in [0.15, 0.2) is 0 Å². The average Bonchev–Trinajstić information content (AvgIpc) is 3.81. The molecule has 0 saturated carbocycles. The molecule has 2 heterocycles. The normalized spacial score (nSPS) is 16.6. The number of rotatable bonds is 6. The Morgan fingerprint density at radius 2 is 1.35 bits per heavy atom. The summed E-state index contributed by atoms with van der Waals surface area (Å²) in [5, 5.41) is 7.35. The monoisotopic (exact) mass is 707 g/mol. The second-order valence-electron chi connectivity index (χ2n) is 14.2. The molecule has 6 aromatic carbocycles. The van der Waals surface area contributed by atoms with Crippen LogP contribution in [0.2, 0.25) is 0 Å². The maximum absolute atomic E-state index is 4.90. The number of hydrogen-bond acceptors (Lipinski definition) is 2. The van der Waals surface area contributed by atoms with Gasteiger partial charge in [0.05, 0.1) is 10.9 Å². The average molecular weight is 708 g/mol. The van der Waals surface area contributed by atoms with Crippen molar-refractivity contribution in [1.82, 2.24) is 4.98 Å². The van der Waals surface area contributed by atoms with E-state index in [9.17, 15) is 0 Å². The summed E-state index contributed by atoms with van der Waals surface area (Å²) in [6.07, 6.45) is 14.7. The Bertz CT molecular complexity index is 2990. The van der Waals surface area contributed by atoms with Crippen LogP contribution in [0.15, 0.2) is 188 Å². The third-order valence-corrected chi connectivity index (χ3v) is 12.9. The number of benzene rings is 6. The first-order chi connectivity index (χ1) is 26.6. The zero-order valence-corrected chi connectivity index (χ0v) is 31.2. The van der Waals surface area contributed by atoms with Crippen molar-refractivity contribution in [2.45, 2.75) is 19.3 Å². The molecule has 8 aromatic rings. The van der Waals surface area contributed by atoms with Crippen molar-refractivity contribution in [3.8, 4) is 22.3 Å². The van der Waals surface area contributed by atoms with Gasteiger partial charge >= 0.3 is 0 Å². The molecule has 2 heteroatoms. The topological polar surface area (TPSA) is 12.9 Å². The fraction of sp³-hybridized carbons (Fsp3) is 0.0577. The largest absolute Gasteiger partial charge is 0.256 e. The van der Waals surface area contributed by atoms with E-state index in [1.807, 2.05) is 29.7 Å². The highest BCUT2D eigenvalue weighted by atomic mass is 32.1. The summed E-state index contributed by atoms with van der Waals surface area (Å²) in [6.45, 7) is 13.0. The van der Waals surface area contributed by atoms with Crippen molar-refractivity contribution in [2.24, 2.45) is 0 Å². The summed E-state index contributed by atoms with van der Waals surface area (Å²) in [5.41, 5.74) is 14.4. The molecule has 256 valence electrons. The molecule has 0 aliphatic heterocycles. The first-order valence-corrected chi connectivity index (χ1v) is 19.4. The Kier molecular flexibility index (Phi) is 7.40. The second-order valence-corrected chi connectivity index (χ2v) is 15.3. The Balaban J connectivity index is 1.33. The quantitative estimate of drug-likeness (QED) is 0.124. The lowest BCUT2D eigenvalue weighted by molar-refractivity contribution is 0.769. The fourth-order valence-electron chi connectivity index (χ4n) is 9.59. The lowest BCUT2D eigenvalue weighted by Gasteiger charge is -2.32. The highest BCUT2D eigenvalue weighted by molar-refractivity contribution is 7.20. The molecule has 0 amide bonds. The van der Waals surface area contributed by atoms with E-state index in [4.69, 9.17) is 4.98 Å². The van der Waals surface area contributed by atoms with Crippen LogP contribution in [0.3, 0.4) is 0 Å². The summed E-state index contributed by atoms with van der Waals surface area (Å²) in [7, 11) is 0. The van der Waals surface area contributed by atoms with Gasteiger partial charge in [0.1, 0.15) is 0 Å². The number of nitrogens with zero attached hydrogens (tertiary/aromatic N) is 1. The molecule has 2 aromatic heterocycles. The van der Waals surface area contributed by atoms with E-state index >= 15 is 0 Å². The van der Waals surface area contributed by atoms with Gasteiger partial charge in [0, 0.05) is 26.7 Å². The third kappa shape index (κ3) is 4.29. The molecule has 1 atom stereocenters. The SMILES string of the molecule is C=C/C=C\C1=C(C)C2(C(C=C)=C(/C=C\C)c3ccc(-c4c5ccccc5c(-c5cccc6cccnc56)c5ccccc45)cc32)c2c1sc1ccccc21. The van der Waals surface area contributed by atoms with E-state index < -0.39 is 5.41 Å². The van der Waals surface area contributed by atoms with Crippen LogP contribution in [0.1, 0.15) is 35.4 Å². The first-order valence-electron chi connectivity index (χ1n) is 18.6. The van der Waals surface area contributed by atoms with Crippen molar-refractivity contribution in [3.63, 3.8) is 0 Å². The Labute approximate surface area is 320 Å². The molecule has 2 aliphatic carbocycles. The molecule has 10 rings (SSSR count). The first kappa shape index (κ1) is 32.3. The molecule has 0 bridgehead atoms. The smallest absolute Gasteiger partial charge is 0.0780 e. The minimum absolute atomic E-state index is 0.502. The van der Waals surface area contributed by atoms with E-state index in [1.165, 1.54) is 92.2 Å². The van der Waals surface area contributed by atoms with Gasteiger partial charge < -0.3 is 0 Å². The minimum Gasteiger partial charge on any atom is -0.256 e. The molecular formula is C52H37NS. The van der Waals surface area contributed by atoms with Crippen molar-refractivity contribution < 1.29 is 0 Å². The number of hydrogen-bond donors (Lipinski definition) is 0. The van der Waals surface area contributed by atoms with Gasteiger partial charge in [-0.2, -0.15) is 0 Å². The third-order valence-electron chi connectivity index (χ3n) is 11.6. The molecular weight excluding hydrogens is 671 g/mol. The molecule has 0 N–H and O–H groups in total. The summed E-state index contributed by atoms with van der Waals surface area (Å²) >= 11 is 1.89. The van der Waals surface area contributed by atoms with E-state index in [0.717, 1.165) is 16.5 Å². The van der Waals surface area contributed by atoms with Crippen LogP contribution in [0.4, 0.5) is 0 Å². The van der Waals surface area contributed by atoms with Gasteiger partial charge in [0.25, 0.3) is 0 Å². The van der Waals surface area contributed by atoms with E-state index in [1.54, 1.807) is 0 Å². The minimum atomic E-state index is -0.502. The van der Waals surface area contributed by atoms with Crippen LogP contribution in [-0.4, -0.2) is 4.98 Å². The van der Waals surface area contributed by atoms with Crippen LogP contribution < -0.4 is 0 Å². The molecule has 1 spiro atoms. The lowest BCUT2D eigenvalue weighted by atomic mass is 9.68. The number of fused-ring (bicyclic) bond motifs is 9. The zero-order valence-electron chi connectivity index (χ0n) is 30.4. The van der Waals surface area contributed by atoms with Crippen molar-refractivity contribution >= 4 is 65.0 Å². The maximum Gasteiger partial charge on any atom is 0.0780 e. The zero-order chi connectivity index (χ0) is 36.6. The number of thiophene rings is 1. The van der Waals surface area contributed by atoms with Crippen molar-refractivity contribution in [1.29, 1.82) is 0 Å². The van der Waals surface area contributed by atoms with E-state index in [0.29, 0.717) is 0 Å². The van der Waals surface area contributed by atoms with Crippen LogP contribution in [0, 0.1) is 0 Å². The predicted molar refractivity (Wildman–Crippen MR) is 234 cm³/mol. The van der Waals surface area contributed by atoms with Crippen molar-refractivity contribution in [3.05, 3.63) is 210 Å². The Morgan fingerprint density at radius 1 is 0.667 bits per heavy atom. The number of para-hydroxylation sites is 1. The molecule has 2 aliphatic rings. The highest BCUT2D eigenvalue weighted by Gasteiger charge is 2.53. The second kappa shape index (κ2) is 12.4. The summed E-state index contributed by atoms with van der Waals surface area (Å²) < 4.78 is 1.30. The lowest BCUT2D eigenvalue weighted by Crippen LogP contribution is -2.27. The highest BCUT2D eigenvalue weighted by Crippen LogP contribution is 2.65. The molecule has 1 nitrogen and oxygen atoms in total. The van der Waals surface area contributed by atoms with Crippen LogP contribution in [0.5, 0.6) is 0 Å². The van der Waals surface area contributed by atoms with Gasteiger partial charge in [0.2, 0.25) is 0 Å². The summed E-state index contributed by atoms with van der Waals surface area (Å²) in [6, 6.07) is 44.6. The molecule has 0 radical (unpaired) electrons. The van der Waals surface area contributed by atoms with Gasteiger partial charge in [-0.3, -0.25) is 4.98 Å². The Morgan fingerprint density at radius 3 is 2.06 bits per heavy atom. The fourth-order valence-corrected chi connectivity index (χ4v) is 10.9. The predicted octanol–water partition coefficient (Wildman–Crippen LogP) is 14.4. The van der Waals surface area contributed by atoms with Gasteiger partial charge in [-0.1, -0.05) is 153 Å². The standard InChI is InChI=1S/C52H37NS/c1-5-8-20-35-32(4)52(49-42-25-13-14-27-46(42)54-51(35)49)44(7-3)36(17-6-2)37-29-28-34(31-45(37)52)47-38-21-9-11-23-40(38)48(41-24-12-10-22-39(41)47)43-26-15-18-33-19-16-30-53-50(33)43/h5-31H,1,3H2,2,4H3/b17-6-,20-8-. The molecule has 54 heavy (non-hydrogen) atoms. The number of aromatic nitrogens is 1. The van der Waals surface area contributed by atoms with E-state index in [2.05, 4.69) is 173 Å². The van der Waals surface area contributed by atoms with Gasteiger partial charge in [-0.05, 0) is 115 Å². The number of pyridine rings is 1. The Hall–Kier alpha value is -6.35. The van der Waals surface area contributed by atoms with Crippen molar-refractivity contribution in [2.75, 3.05) is 0 Å². The molecule has 0 saturated heterocycles. The summed E-state index contributed by atoms with van der Waals surface area (Å²) in [4.78, 5) is 6.23. The van der Waals surface area contributed by atoms with Crippen LogP contribution in [0.25, 0.3) is 75.9 Å². The maximum atomic E-state index is 4.90. The van der Waals surface area contributed by atoms with E-state index in [-0.39, 0.29) is 0 Å². The summed E-state index contributed by atoms with van der Waals surface area (Å²) in [5.74, 6) is 0. The van der Waals surface area contributed by atoms with Gasteiger partial charge in [-0.15, -0.1) is 11.3 Å².